The molecule has 0 fully saturated rings. The molecule has 1 aromatic carbocycles. The lowest BCUT2D eigenvalue weighted by Gasteiger charge is -2.31. The number of aliphatic hydroxyl groups excluding tert-OH is 1. The van der Waals surface area contributed by atoms with Crippen molar-refractivity contribution in [3.8, 4) is 0 Å². The summed E-state index contributed by atoms with van der Waals surface area (Å²) in [5.74, 6) is 0.852. The highest BCUT2D eigenvalue weighted by molar-refractivity contribution is 5.91. The van der Waals surface area contributed by atoms with Gasteiger partial charge in [0.2, 0.25) is 0 Å². The van der Waals surface area contributed by atoms with Gasteiger partial charge >= 0.3 is 0 Å². The van der Waals surface area contributed by atoms with Crippen LogP contribution in [0, 0.1) is 0 Å². The van der Waals surface area contributed by atoms with Crippen molar-refractivity contribution < 1.29 is 5.11 Å². The summed E-state index contributed by atoms with van der Waals surface area (Å²) in [7, 11) is 0. The van der Waals surface area contributed by atoms with E-state index in [-0.39, 0.29) is 6.61 Å². The van der Waals surface area contributed by atoms with Crippen molar-refractivity contribution in [3.05, 3.63) is 24.5 Å². The molecule has 20 heavy (non-hydrogen) atoms. The van der Waals surface area contributed by atoms with Crippen LogP contribution in [0.5, 0.6) is 0 Å². The molecule has 2 rings (SSSR count). The van der Waals surface area contributed by atoms with Crippen LogP contribution in [0.4, 0.5) is 11.5 Å². The summed E-state index contributed by atoms with van der Waals surface area (Å²) in [6.07, 6.45) is 3.58. The fourth-order valence-corrected chi connectivity index (χ4v) is 2.59. The number of fused-ring (bicyclic) bond motifs is 1. The Hall–Kier alpha value is -1.88. The Morgan fingerprint density at radius 2 is 2.00 bits per heavy atom. The second kappa shape index (κ2) is 6.52. The van der Waals surface area contributed by atoms with Crippen molar-refractivity contribution in [2.75, 3.05) is 23.8 Å². The number of aliphatic hydroxyl groups is 1. The summed E-state index contributed by atoms with van der Waals surface area (Å²) >= 11 is 0. The minimum Gasteiger partial charge on any atom is -0.399 e. The Morgan fingerprint density at radius 1 is 1.25 bits per heavy atom. The van der Waals surface area contributed by atoms with Crippen LogP contribution in [0.3, 0.4) is 0 Å². The fraction of sp³-hybridized carbons (Fsp3) is 0.467. The van der Waals surface area contributed by atoms with Crippen molar-refractivity contribution in [1.29, 1.82) is 0 Å². The smallest absolute Gasteiger partial charge is 0.140 e. The van der Waals surface area contributed by atoms with E-state index < -0.39 is 0 Å². The molecule has 2 aromatic rings. The average Bonchev–Trinajstić information content (AvgIpc) is 2.47. The topological polar surface area (TPSA) is 75.3 Å². The number of anilines is 2. The van der Waals surface area contributed by atoms with Gasteiger partial charge in [0.1, 0.15) is 12.1 Å². The summed E-state index contributed by atoms with van der Waals surface area (Å²) in [6.45, 7) is 4.96. The van der Waals surface area contributed by atoms with Gasteiger partial charge in [-0.05, 0) is 31.0 Å². The summed E-state index contributed by atoms with van der Waals surface area (Å²) in [6, 6.07) is 5.99. The van der Waals surface area contributed by atoms with Gasteiger partial charge < -0.3 is 15.7 Å². The predicted octanol–water partition coefficient (Wildman–Crippen LogP) is 2.20. The first-order valence-electron chi connectivity index (χ1n) is 7.09. The second-order valence-electron chi connectivity index (χ2n) is 4.86. The van der Waals surface area contributed by atoms with E-state index in [0.717, 1.165) is 29.6 Å². The lowest BCUT2D eigenvalue weighted by Crippen LogP contribution is -2.37. The highest BCUT2D eigenvalue weighted by atomic mass is 16.3. The molecule has 0 saturated heterocycles. The van der Waals surface area contributed by atoms with Crippen molar-refractivity contribution in [2.24, 2.45) is 0 Å². The molecule has 0 spiro atoms. The fourth-order valence-electron chi connectivity index (χ4n) is 2.59. The predicted molar refractivity (Wildman–Crippen MR) is 82.8 cm³/mol. The van der Waals surface area contributed by atoms with Crippen molar-refractivity contribution in [2.45, 2.75) is 32.7 Å². The molecule has 108 valence electrons. The monoisotopic (exact) mass is 274 g/mol. The zero-order chi connectivity index (χ0) is 14.5. The first-order valence-corrected chi connectivity index (χ1v) is 7.09. The highest BCUT2D eigenvalue weighted by Gasteiger charge is 2.19. The first-order chi connectivity index (χ1) is 9.71. The molecular weight excluding hydrogens is 252 g/mol. The molecule has 0 unspecified atom stereocenters. The van der Waals surface area contributed by atoms with Gasteiger partial charge in [-0.3, -0.25) is 0 Å². The second-order valence-corrected chi connectivity index (χ2v) is 4.86. The van der Waals surface area contributed by atoms with Gasteiger partial charge in [0.15, 0.2) is 0 Å². The van der Waals surface area contributed by atoms with Crippen LogP contribution in [-0.4, -0.2) is 34.3 Å². The van der Waals surface area contributed by atoms with Crippen LogP contribution in [0.2, 0.25) is 0 Å². The third-order valence-electron chi connectivity index (χ3n) is 3.63. The Balaban J connectivity index is 2.54. The number of nitrogens with two attached hydrogens (primary N) is 1. The standard InChI is InChI=1S/C15H22N4O/c1-3-12(4-2)19(7-8-20)15-13-9-11(16)5-6-14(13)17-10-18-15/h5-6,9-10,12,20H,3-4,7-8,16H2,1-2H3. The maximum absolute atomic E-state index is 9.35. The Morgan fingerprint density at radius 3 is 2.65 bits per heavy atom. The van der Waals surface area contributed by atoms with Gasteiger partial charge in [0.25, 0.3) is 0 Å². The number of aromatic nitrogens is 2. The molecule has 5 nitrogen and oxygen atoms in total. The first kappa shape index (κ1) is 14.5. The number of benzene rings is 1. The van der Waals surface area contributed by atoms with Gasteiger partial charge in [-0.1, -0.05) is 13.8 Å². The molecule has 0 amide bonds. The van der Waals surface area contributed by atoms with Crippen LogP contribution in [-0.2, 0) is 0 Å². The number of rotatable bonds is 6. The minimum atomic E-state index is 0.101. The van der Waals surface area contributed by atoms with Gasteiger partial charge in [-0.15, -0.1) is 0 Å². The zero-order valence-electron chi connectivity index (χ0n) is 12.1. The Bertz CT molecular complexity index is 569. The Labute approximate surface area is 119 Å². The molecule has 0 aliphatic rings. The lowest BCUT2D eigenvalue weighted by molar-refractivity contribution is 0.295. The summed E-state index contributed by atoms with van der Waals surface area (Å²) in [5, 5.41) is 10.3. The lowest BCUT2D eigenvalue weighted by atomic mass is 10.1. The quantitative estimate of drug-likeness (QED) is 0.790. The van der Waals surface area contributed by atoms with Crippen LogP contribution in [0.25, 0.3) is 10.9 Å². The van der Waals surface area contributed by atoms with Crippen molar-refractivity contribution in [1.82, 2.24) is 9.97 Å². The van der Waals surface area contributed by atoms with E-state index in [0.29, 0.717) is 18.3 Å². The number of nitrogens with zero attached hydrogens (tertiary/aromatic N) is 3. The van der Waals surface area contributed by atoms with E-state index in [1.165, 1.54) is 0 Å². The molecule has 0 bridgehead atoms. The summed E-state index contributed by atoms with van der Waals surface area (Å²) in [4.78, 5) is 10.9. The molecule has 0 saturated carbocycles. The number of hydrogen-bond acceptors (Lipinski definition) is 5. The number of hydrogen-bond donors (Lipinski definition) is 2. The van der Waals surface area contributed by atoms with Gasteiger partial charge in [-0.25, -0.2) is 9.97 Å². The van der Waals surface area contributed by atoms with E-state index in [9.17, 15) is 5.11 Å². The van der Waals surface area contributed by atoms with Gasteiger partial charge in [0, 0.05) is 23.7 Å². The van der Waals surface area contributed by atoms with Crippen LogP contribution < -0.4 is 10.6 Å². The molecule has 0 aliphatic carbocycles. The van der Waals surface area contributed by atoms with Crippen LogP contribution in [0.15, 0.2) is 24.5 Å². The highest BCUT2D eigenvalue weighted by Crippen LogP contribution is 2.27. The Kier molecular flexibility index (Phi) is 4.74. The van der Waals surface area contributed by atoms with Crippen molar-refractivity contribution in [3.63, 3.8) is 0 Å². The molecule has 0 atom stereocenters. The summed E-state index contributed by atoms with van der Waals surface area (Å²) < 4.78 is 0. The third kappa shape index (κ3) is 2.82. The molecule has 3 N–H and O–H groups in total. The molecule has 1 aromatic heterocycles. The third-order valence-corrected chi connectivity index (χ3v) is 3.63. The summed E-state index contributed by atoms with van der Waals surface area (Å²) in [5.41, 5.74) is 7.45. The average molecular weight is 274 g/mol. The maximum atomic E-state index is 9.35. The normalized spacial score (nSPS) is 11.2. The molecule has 0 radical (unpaired) electrons. The van der Waals surface area contributed by atoms with Gasteiger partial charge in [-0.2, -0.15) is 0 Å². The SMILES string of the molecule is CCC(CC)N(CCO)c1ncnc2ccc(N)cc12. The van der Waals surface area contributed by atoms with E-state index in [4.69, 9.17) is 5.73 Å². The van der Waals surface area contributed by atoms with Crippen LogP contribution in [0.1, 0.15) is 26.7 Å². The minimum absolute atomic E-state index is 0.101. The van der Waals surface area contributed by atoms with E-state index >= 15 is 0 Å². The van der Waals surface area contributed by atoms with E-state index in [1.807, 2.05) is 18.2 Å². The molecule has 5 heteroatoms. The molecule has 0 aliphatic heterocycles. The van der Waals surface area contributed by atoms with Crippen molar-refractivity contribution >= 4 is 22.4 Å². The molecular formula is C15H22N4O. The van der Waals surface area contributed by atoms with Gasteiger partial charge in [0.05, 0.1) is 12.1 Å². The van der Waals surface area contributed by atoms with Crippen LogP contribution >= 0.6 is 0 Å². The maximum Gasteiger partial charge on any atom is 0.140 e. The molecule has 1 heterocycles. The number of nitrogen functional groups attached to an aromatic ring is 1. The largest absolute Gasteiger partial charge is 0.399 e. The zero-order valence-corrected chi connectivity index (χ0v) is 12.1. The van der Waals surface area contributed by atoms with E-state index in [1.54, 1.807) is 6.33 Å². The van der Waals surface area contributed by atoms with E-state index in [2.05, 4.69) is 28.7 Å².